The molecule has 0 aliphatic heterocycles. The summed E-state index contributed by atoms with van der Waals surface area (Å²) in [6.07, 6.45) is 1.86. The maximum atomic E-state index is 5.28. The second kappa shape index (κ2) is 9.64. The molecule has 0 saturated carbocycles. The molecule has 6 aromatic rings. The highest BCUT2D eigenvalue weighted by Gasteiger charge is 2.13. The summed E-state index contributed by atoms with van der Waals surface area (Å²) >= 11 is 1.72. The van der Waals surface area contributed by atoms with E-state index in [1.165, 1.54) is 4.90 Å². The number of methoxy groups -OCH3 is 1. The molecule has 0 aliphatic rings. The number of nitrogens with one attached hydrogen (secondary N) is 1. The summed E-state index contributed by atoms with van der Waals surface area (Å²) in [6.45, 7) is 0. The highest BCUT2D eigenvalue weighted by atomic mass is 32.2. The minimum absolute atomic E-state index is 0.540. The first-order valence-corrected chi connectivity index (χ1v) is 12.3. The van der Waals surface area contributed by atoms with Crippen molar-refractivity contribution in [2.45, 2.75) is 9.79 Å². The molecule has 0 spiro atoms. The van der Waals surface area contributed by atoms with Crippen LogP contribution < -0.4 is 10.1 Å². The molecule has 0 amide bonds. The molecule has 0 saturated heterocycles. The van der Waals surface area contributed by atoms with Crippen molar-refractivity contribution in [3.63, 3.8) is 0 Å². The minimum atomic E-state index is 0.540. The fourth-order valence-corrected chi connectivity index (χ4v) is 5.01. The Kier molecular flexibility index (Phi) is 5.89. The molecular formula is C29H21N5OS. The first-order chi connectivity index (χ1) is 17.8. The highest BCUT2D eigenvalue weighted by molar-refractivity contribution is 7.99. The van der Waals surface area contributed by atoms with Gasteiger partial charge in [0.25, 0.3) is 0 Å². The van der Waals surface area contributed by atoms with Crippen molar-refractivity contribution in [1.29, 1.82) is 0 Å². The predicted molar refractivity (Wildman–Crippen MR) is 145 cm³/mol. The smallest absolute Gasteiger partial charge is 0.213 e. The molecule has 3 aromatic carbocycles. The van der Waals surface area contributed by atoms with Gasteiger partial charge in [-0.05, 0) is 42.5 Å². The van der Waals surface area contributed by atoms with Gasteiger partial charge >= 0.3 is 0 Å². The highest BCUT2D eigenvalue weighted by Crippen LogP contribution is 2.34. The predicted octanol–water partition coefficient (Wildman–Crippen LogP) is 7.14. The number of aromatic nitrogens is 4. The van der Waals surface area contributed by atoms with Crippen molar-refractivity contribution < 1.29 is 4.74 Å². The molecule has 0 aliphatic carbocycles. The number of ether oxygens (including phenoxy) is 1. The summed E-state index contributed by atoms with van der Waals surface area (Å²) in [7, 11) is 1.60. The Morgan fingerprint density at radius 1 is 0.722 bits per heavy atom. The van der Waals surface area contributed by atoms with Crippen LogP contribution in [-0.2, 0) is 0 Å². The molecule has 36 heavy (non-hydrogen) atoms. The molecule has 0 atom stereocenters. The van der Waals surface area contributed by atoms with Crippen LogP contribution in [0.1, 0.15) is 0 Å². The Balaban J connectivity index is 1.28. The lowest BCUT2D eigenvalue weighted by Gasteiger charge is -2.12. The van der Waals surface area contributed by atoms with E-state index in [1.807, 2.05) is 66.9 Å². The van der Waals surface area contributed by atoms with Gasteiger partial charge in [0.15, 0.2) is 5.82 Å². The molecule has 3 heterocycles. The van der Waals surface area contributed by atoms with Crippen LogP contribution in [0.2, 0.25) is 0 Å². The summed E-state index contributed by atoms with van der Waals surface area (Å²) in [6, 6.07) is 32.3. The van der Waals surface area contributed by atoms with E-state index in [-0.39, 0.29) is 0 Å². The fourth-order valence-electron chi connectivity index (χ4n) is 4.07. The van der Waals surface area contributed by atoms with Crippen molar-refractivity contribution in [1.82, 2.24) is 20.2 Å². The Bertz CT molecular complexity index is 1680. The van der Waals surface area contributed by atoms with Crippen LogP contribution in [0.4, 0.5) is 11.5 Å². The van der Waals surface area contributed by atoms with Gasteiger partial charge in [0.2, 0.25) is 5.88 Å². The standard InChI is InChI=1S/C29H21N5OS/c1-35-27-12-6-11-25(32-27)28-21-7-2-3-8-22(21)29(34-33-28)31-19-13-15-20(16-14-19)36-26-17-18-30-24-10-5-4-9-23(24)26/h2-18H,1H3,(H,31,34). The Labute approximate surface area is 212 Å². The van der Waals surface area contributed by atoms with Crippen LogP contribution in [0.3, 0.4) is 0 Å². The van der Waals surface area contributed by atoms with Gasteiger partial charge in [0, 0.05) is 43.9 Å². The van der Waals surface area contributed by atoms with E-state index in [0.717, 1.165) is 38.0 Å². The minimum Gasteiger partial charge on any atom is -0.481 e. The molecule has 3 aromatic heterocycles. The van der Waals surface area contributed by atoms with Gasteiger partial charge in [0.05, 0.1) is 18.3 Å². The van der Waals surface area contributed by atoms with Gasteiger partial charge in [-0.25, -0.2) is 4.98 Å². The second-order valence-electron chi connectivity index (χ2n) is 8.09. The average Bonchev–Trinajstić information content (AvgIpc) is 2.94. The van der Waals surface area contributed by atoms with E-state index >= 15 is 0 Å². The van der Waals surface area contributed by atoms with E-state index in [1.54, 1.807) is 18.9 Å². The largest absolute Gasteiger partial charge is 0.481 e. The molecule has 6 nitrogen and oxygen atoms in total. The molecule has 0 fully saturated rings. The van der Waals surface area contributed by atoms with Gasteiger partial charge in [-0.3, -0.25) is 4.98 Å². The van der Waals surface area contributed by atoms with Crippen LogP contribution in [0.25, 0.3) is 33.1 Å². The molecular weight excluding hydrogens is 466 g/mol. The van der Waals surface area contributed by atoms with Crippen LogP contribution in [-0.4, -0.2) is 27.3 Å². The Hall–Kier alpha value is -4.49. The lowest BCUT2D eigenvalue weighted by atomic mass is 10.1. The third-order valence-electron chi connectivity index (χ3n) is 5.82. The van der Waals surface area contributed by atoms with Gasteiger partial charge < -0.3 is 10.1 Å². The number of rotatable bonds is 6. The first-order valence-electron chi connectivity index (χ1n) is 11.4. The van der Waals surface area contributed by atoms with Crippen molar-refractivity contribution >= 4 is 44.9 Å². The zero-order chi connectivity index (χ0) is 24.3. The van der Waals surface area contributed by atoms with Gasteiger partial charge in [-0.2, -0.15) is 0 Å². The second-order valence-corrected chi connectivity index (χ2v) is 9.20. The van der Waals surface area contributed by atoms with E-state index in [2.05, 4.69) is 61.9 Å². The topological polar surface area (TPSA) is 72.8 Å². The summed E-state index contributed by atoms with van der Waals surface area (Å²) < 4.78 is 5.28. The zero-order valence-electron chi connectivity index (χ0n) is 19.4. The van der Waals surface area contributed by atoms with Crippen molar-refractivity contribution in [3.8, 4) is 17.3 Å². The zero-order valence-corrected chi connectivity index (χ0v) is 20.2. The van der Waals surface area contributed by atoms with Crippen LogP contribution in [0.15, 0.2) is 113 Å². The number of anilines is 2. The number of nitrogens with zero attached hydrogens (tertiary/aromatic N) is 4. The lowest BCUT2D eigenvalue weighted by Crippen LogP contribution is -2.00. The summed E-state index contributed by atoms with van der Waals surface area (Å²) in [4.78, 5) is 11.3. The van der Waals surface area contributed by atoms with Crippen molar-refractivity contribution in [2.75, 3.05) is 12.4 Å². The Morgan fingerprint density at radius 3 is 2.33 bits per heavy atom. The lowest BCUT2D eigenvalue weighted by molar-refractivity contribution is 0.398. The average molecular weight is 488 g/mol. The number of para-hydroxylation sites is 1. The number of hydrogen-bond acceptors (Lipinski definition) is 7. The number of fused-ring (bicyclic) bond motifs is 2. The number of pyridine rings is 2. The van der Waals surface area contributed by atoms with E-state index < -0.39 is 0 Å². The Morgan fingerprint density at radius 2 is 1.50 bits per heavy atom. The maximum Gasteiger partial charge on any atom is 0.213 e. The van der Waals surface area contributed by atoms with Gasteiger partial charge in [-0.1, -0.05) is 60.3 Å². The molecule has 0 bridgehead atoms. The van der Waals surface area contributed by atoms with Crippen LogP contribution in [0.5, 0.6) is 5.88 Å². The van der Waals surface area contributed by atoms with E-state index in [4.69, 9.17) is 4.74 Å². The number of hydrogen-bond donors (Lipinski definition) is 1. The SMILES string of the molecule is COc1cccc(-c2nnc(Nc3ccc(Sc4ccnc5ccccc45)cc3)c3ccccc23)n1. The van der Waals surface area contributed by atoms with Gasteiger partial charge in [0.1, 0.15) is 5.69 Å². The fraction of sp³-hybridized carbons (Fsp3) is 0.0345. The molecule has 1 N–H and O–H groups in total. The van der Waals surface area contributed by atoms with Crippen LogP contribution >= 0.6 is 11.8 Å². The van der Waals surface area contributed by atoms with Crippen molar-refractivity contribution in [3.05, 3.63) is 103 Å². The van der Waals surface area contributed by atoms with E-state index in [0.29, 0.717) is 17.4 Å². The molecule has 6 rings (SSSR count). The summed E-state index contributed by atoms with van der Waals surface area (Å²) in [5.41, 5.74) is 3.37. The molecule has 0 unspecified atom stereocenters. The maximum absolute atomic E-state index is 5.28. The summed E-state index contributed by atoms with van der Waals surface area (Å²) in [5, 5.41) is 15.5. The third-order valence-corrected chi connectivity index (χ3v) is 6.90. The molecule has 7 heteroatoms. The summed E-state index contributed by atoms with van der Waals surface area (Å²) in [5.74, 6) is 1.23. The molecule has 174 valence electrons. The first kappa shape index (κ1) is 22.0. The number of benzene rings is 3. The van der Waals surface area contributed by atoms with Crippen LogP contribution in [0, 0.1) is 0 Å². The van der Waals surface area contributed by atoms with Gasteiger partial charge in [-0.15, -0.1) is 10.2 Å². The monoisotopic (exact) mass is 487 g/mol. The normalized spacial score (nSPS) is 11.0. The van der Waals surface area contributed by atoms with E-state index in [9.17, 15) is 0 Å². The quantitative estimate of drug-likeness (QED) is 0.268. The van der Waals surface area contributed by atoms with Crippen molar-refractivity contribution in [2.24, 2.45) is 0 Å². The molecule has 0 radical (unpaired) electrons. The third kappa shape index (κ3) is 4.32.